The van der Waals surface area contributed by atoms with Gasteiger partial charge in [0.2, 0.25) is 5.91 Å². The molecule has 5 heteroatoms. The summed E-state index contributed by atoms with van der Waals surface area (Å²) in [6.07, 6.45) is 0. The molecule has 4 nitrogen and oxygen atoms in total. The predicted octanol–water partition coefficient (Wildman–Crippen LogP) is 1.57. The van der Waals surface area contributed by atoms with E-state index in [1.54, 1.807) is 43.1 Å². The molecule has 0 aliphatic rings. The Morgan fingerprint density at radius 1 is 1.39 bits per heavy atom. The summed E-state index contributed by atoms with van der Waals surface area (Å²) < 4.78 is 0. The maximum absolute atomic E-state index is 12.0. The zero-order valence-corrected chi connectivity index (χ0v) is 11.7. The molecule has 1 atom stereocenters. The van der Waals surface area contributed by atoms with E-state index in [1.807, 2.05) is 6.92 Å². The second-order valence-corrected chi connectivity index (χ2v) is 4.55. The summed E-state index contributed by atoms with van der Waals surface area (Å²) in [5.74, 6) is -0.395. The van der Waals surface area contributed by atoms with Crippen molar-refractivity contribution in [1.29, 1.82) is 0 Å². The standard InChI is InChI=1S/C13H18N2O2S/c1-4-15(3)13(17)9(2)14-12(16)10-7-5-6-8-11(10)18/h5-9,18H,4H2,1-3H3,(H,14,16). The normalized spacial score (nSPS) is 11.8. The van der Waals surface area contributed by atoms with Gasteiger partial charge < -0.3 is 10.2 Å². The third-order valence-corrected chi connectivity index (χ3v) is 3.11. The summed E-state index contributed by atoms with van der Waals surface area (Å²) in [4.78, 5) is 25.9. The summed E-state index contributed by atoms with van der Waals surface area (Å²) in [5, 5.41) is 2.67. The summed E-state index contributed by atoms with van der Waals surface area (Å²) in [6, 6.07) is 6.44. The second-order valence-electron chi connectivity index (χ2n) is 4.06. The SMILES string of the molecule is CCN(C)C(=O)C(C)NC(=O)c1ccccc1S. The third-order valence-electron chi connectivity index (χ3n) is 2.72. The maximum atomic E-state index is 12.0. The molecule has 1 N–H and O–H groups in total. The number of nitrogens with one attached hydrogen (secondary N) is 1. The monoisotopic (exact) mass is 266 g/mol. The Bertz CT molecular complexity index is 448. The van der Waals surface area contributed by atoms with Gasteiger partial charge in [0.1, 0.15) is 6.04 Å². The lowest BCUT2D eigenvalue weighted by Gasteiger charge is -2.20. The van der Waals surface area contributed by atoms with Crippen molar-refractivity contribution in [2.75, 3.05) is 13.6 Å². The first-order valence-corrected chi connectivity index (χ1v) is 6.26. The number of carbonyl (C=O) groups excluding carboxylic acids is 2. The number of benzene rings is 1. The number of amides is 2. The Labute approximate surface area is 113 Å². The van der Waals surface area contributed by atoms with E-state index in [2.05, 4.69) is 17.9 Å². The van der Waals surface area contributed by atoms with Gasteiger partial charge in [-0.15, -0.1) is 12.6 Å². The molecule has 1 rings (SSSR count). The largest absolute Gasteiger partial charge is 0.344 e. The molecule has 1 unspecified atom stereocenters. The van der Waals surface area contributed by atoms with E-state index < -0.39 is 6.04 Å². The fourth-order valence-electron chi connectivity index (χ4n) is 1.49. The van der Waals surface area contributed by atoms with Gasteiger partial charge in [-0.05, 0) is 26.0 Å². The minimum atomic E-state index is -0.546. The number of rotatable bonds is 4. The highest BCUT2D eigenvalue weighted by Crippen LogP contribution is 2.12. The molecule has 0 bridgehead atoms. The van der Waals surface area contributed by atoms with E-state index in [1.165, 1.54) is 0 Å². The number of thiol groups is 1. The van der Waals surface area contributed by atoms with E-state index in [4.69, 9.17) is 0 Å². The average molecular weight is 266 g/mol. The zero-order valence-electron chi connectivity index (χ0n) is 10.8. The van der Waals surface area contributed by atoms with Crippen molar-refractivity contribution in [2.45, 2.75) is 24.8 Å². The van der Waals surface area contributed by atoms with Crippen molar-refractivity contribution < 1.29 is 9.59 Å². The first kappa shape index (κ1) is 14.6. The highest BCUT2D eigenvalue weighted by atomic mass is 32.1. The van der Waals surface area contributed by atoms with Crippen molar-refractivity contribution in [3.05, 3.63) is 29.8 Å². The van der Waals surface area contributed by atoms with Crippen LogP contribution in [0.5, 0.6) is 0 Å². The summed E-state index contributed by atoms with van der Waals surface area (Å²) in [5.41, 5.74) is 0.472. The van der Waals surface area contributed by atoms with Gasteiger partial charge in [0.25, 0.3) is 5.91 Å². The number of hydrogen-bond acceptors (Lipinski definition) is 3. The van der Waals surface area contributed by atoms with Crippen molar-refractivity contribution in [2.24, 2.45) is 0 Å². The molecule has 0 aromatic heterocycles. The molecule has 0 aliphatic heterocycles. The smallest absolute Gasteiger partial charge is 0.253 e. The molecule has 0 saturated carbocycles. The Kier molecular flexibility index (Phi) is 5.22. The molecule has 0 heterocycles. The fraction of sp³-hybridized carbons (Fsp3) is 0.385. The van der Waals surface area contributed by atoms with Crippen LogP contribution in [-0.4, -0.2) is 36.3 Å². The molecular weight excluding hydrogens is 248 g/mol. The molecule has 0 radical (unpaired) electrons. The highest BCUT2D eigenvalue weighted by molar-refractivity contribution is 7.80. The zero-order chi connectivity index (χ0) is 13.7. The first-order chi connectivity index (χ1) is 8.47. The van der Waals surface area contributed by atoms with Gasteiger partial charge >= 0.3 is 0 Å². The highest BCUT2D eigenvalue weighted by Gasteiger charge is 2.19. The molecule has 98 valence electrons. The summed E-state index contributed by atoms with van der Waals surface area (Å²) >= 11 is 4.21. The number of hydrogen-bond donors (Lipinski definition) is 2. The summed E-state index contributed by atoms with van der Waals surface area (Å²) in [6.45, 7) is 4.17. The Hall–Kier alpha value is -1.49. The molecule has 2 amide bonds. The van der Waals surface area contributed by atoms with E-state index in [0.29, 0.717) is 17.0 Å². The van der Waals surface area contributed by atoms with Crippen LogP contribution in [0, 0.1) is 0 Å². The van der Waals surface area contributed by atoms with Gasteiger partial charge in [-0.3, -0.25) is 9.59 Å². The van der Waals surface area contributed by atoms with Gasteiger partial charge in [-0.1, -0.05) is 12.1 Å². The van der Waals surface area contributed by atoms with Crippen LogP contribution in [0.2, 0.25) is 0 Å². The van der Waals surface area contributed by atoms with Gasteiger partial charge in [-0.2, -0.15) is 0 Å². The van der Waals surface area contributed by atoms with Gasteiger partial charge in [0.05, 0.1) is 5.56 Å². The maximum Gasteiger partial charge on any atom is 0.253 e. The van der Waals surface area contributed by atoms with Crippen LogP contribution < -0.4 is 5.32 Å². The quantitative estimate of drug-likeness (QED) is 0.813. The number of nitrogens with zero attached hydrogens (tertiary/aromatic N) is 1. The molecule has 18 heavy (non-hydrogen) atoms. The van der Waals surface area contributed by atoms with Crippen molar-refractivity contribution in [3.63, 3.8) is 0 Å². The summed E-state index contributed by atoms with van der Waals surface area (Å²) in [7, 11) is 1.71. The van der Waals surface area contributed by atoms with Crippen LogP contribution in [0.4, 0.5) is 0 Å². The molecule has 1 aromatic rings. The lowest BCUT2D eigenvalue weighted by molar-refractivity contribution is -0.131. The topological polar surface area (TPSA) is 49.4 Å². The van der Waals surface area contributed by atoms with E-state index in [0.717, 1.165) is 0 Å². The minimum Gasteiger partial charge on any atom is -0.344 e. The molecule has 0 saturated heterocycles. The van der Waals surface area contributed by atoms with Crippen molar-refractivity contribution >= 4 is 24.4 Å². The third kappa shape index (κ3) is 3.50. The first-order valence-electron chi connectivity index (χ1n) is 5.81. The fourth-order valence-corrected chi connectivity index (χ4v) is 1.75. The van der Waals surface area contributed by atoms with Crippen LogP contribution in [0.15, 0.2) is 29.2 Å². The van der Waals surface area contributed by atoms with Crippen LogP contribution in [0.3, 0.4) is 0 Å². The molecule has 0 fully saturated rings. The van der Waals surface area contributed by atoms with Crippen molar-refractivity contribution in [3.8, 4) is 0 Å². The predicted molar refractivity (Wildman–Crippen MR) is 73.9 cm³/mol. The van der Waals surface area contributed by atoms with Crippen molar-refractivity contribution in [1.82, 2.24) is 10.2 Å². The second kappa shape index (κ2) is 6.44. The number of likely N-dealkylation sites (N-methyl/N-ethyl adjacent to an activating group) is 1. The van der Waals surface area contributed by atoms with Gasteiger partial charge in [-0.25, -0.2) is 0 Å². The Morgan fingerprint density at radius 2 is 2.00 bits per heavy atom. The van der Waals surface area contributed by atoms with Crippen LogP contribution in [0.1, 0.15) is 24.2 Å². The average Bonchev–Trinajstić information content (AvgIpc) is 2.37. The van der Waals surface area contributed by atoms with Gasteiger partial charge in [0.15, 0.2) is 0 Å². The molecule has 1 aromatic carbocycles. The van der Waals surface area contributed by atoms with Crippen LogP contribution in [-0.2, 0) is 4.79 Å². The van der Waals surface area contributed by atoms with Crippen LogP contribution in [0.25, 0.3) is 0 Å². The molecular formula is C13H18N2O2S. The van der Waals surface area contributed by atoms with E-state index in [-0.39, 0.29) is 11.8 Å². The molecule has 0 spiro atoms. The Morgan fingerprint density at radius 3 is 2.56 bits per heavy atom. The van der Waals surface area contributed by atoms with E-state index >= 15 is 0 Å². The van der Waals surface area contributed by atoms with Gasteiger partial charge in [0, 0.05) is 18.5 Å². The lowest BCUT2D eigenvalue weighted by atomic mass is 10.2. The minimum absolute atomic E-state index is 0.109. The Balaban J connectivity index is 2.71. The van der Waals surface area contributed by atoms with Crippen LogP contribution >= 0.6 is 12.6 Å². The number of carbonyl (C=O) groups is 2. The lowest BCUT2D eigenvalue weighted by Crippen LogP contribution is -2.45. The molecule has 0 aliphatic carbocycles. The van der Waals surface area contributed by atoms with E-state index in [9.17, 15) is 9.59 Å².